The first kappa shape index (κ1) is 15.1. The summed E-state index contributed by atoms with van der Waals surface area (Å²) in [4.78, 5) is 11.9. The van der Waals surface area contributed by atoms with Crippen molar-refractivity contribution < 1.29 is 18.7 Å². The summed E-state index contributed by atoms with van der Waals surface area (Å²) >= 11 is 0. The van der Waals surface area contributed by atoms with Gasteiger partial charge in [0.25, 0.3) is 5.91 Å². The average molecular weight is 289 g/mol. The molecular formula is C16H19NO4. The van der Waals surface area contributed by atoms with Crippen LogP contribution in [0, 0.1) is 0 Å². The topological polar surface area (TPSA) is 60.7 Å². The van der Waals surface area contributed by atoms with Gasteiger partial charge in [0, 0.05) is 12.2 Å². The van der Waals surface area contributed by atoms with Crippen LogP contribution in [0.2, 0.25) is 0 Å². The van der Waals surface area contributed by atoms with Gasteiger partial charge in [-0.25, -0.2) is 0 Å². The summed E-state index contributed by atoms with van der Waals surface area (Å²) in [6, 6.07) is 10.6. The number of hydrogen-bond acceptors (Lipinski definition) is 4. The lowest BCUT2D eigenvalue weighted by Crippen LogP contribution is -2.22. The molecule has 0 bridgehead atoms. The van der Waals surface area contributed by atoms with Crippen LogP contribution < -0.4 is 10.1 Å². The third-order valence-corrected chi connectivity index (χ3v) is 2.82. The second kappa shape index (κ2) is 8.11. The summed E-state index contributed by atoms with van der Waals surface area (Å²) in [5, 5.41) is 2.79. The number of carbonyl (C=O) groups is 1. The zero-order chi connectivity index (χ0) is 14.9. The smallest absolute Gasteiger partial charge is 0.251 e. The standard InChI is InChI=1S/C16H19NO4/c1-2-19-10-11-21-14-7-5-13(6-8-14)16(18)17-12-15-4-3-9-20-15/h3-9H,2,10-12H2,1H3,(H,17,18). The Morgan fingerprint density at radius 3 is 2.67 bits per heavy atom. The van der Waals surface area contributed by atoms with E-state index in [1.165, 1.54) is 0 Å². The van der Waals surface area contributed by atoms with Crippen molar-refractivity contribution >= 4 is 5.91 Å². The van der Waals surface area contributed by atoms with Gasteiger partial charge in [-0.15, -0.1) is 0 Å². The zero-order valence-electron chi connectivity index (χ0n) is 12.0. The molecule has 1 amide bonds. The molecule has 0 aliphatic heterocycles. The summed E-state index contributed by atoms with van der Waals surface area (Å²) in [5.74, 6) is 1.30. The Morgan fingerprint density at radius 1 is 1.19 bits per heavy atom. The quantitative estimate of drug-likeness (QED) is 0.759. The van der Waals surface area contributed by atoms with Crippen LogP contribution in [0.5, 0.6) is 5.75 Å². The van der Waals surface area contributed by atoms with Crippen LogP contribution in [0.1, 0.15) is 23.0 Å². The summed E-state index contributed by atoms with van der Waals surface area (Å²) in [7, 11) is 0. The van der Waals surface area contributed by atoms with Gasteiger partial charge in [0.15, 0.2) is 0 Å². The van der Waals surface area contributed by atoms with Crippen LogP contribution in [-0.2, 0) is 11.3 Å². The summed E-state index contributed by atoms with van der Waals surface area (Å²) in [6.45, 7) is 4.05. The summed E-state index contributed by atoms with van der Waals surface area (Å²) in [5.41, 5.74) is 0.582. The highest BCUT2D eigenvalue weighted by atomic mass is 16.5. The number of furan rings is 1. The van der Waals surface area contributed by atoms with Gasteiger partial charge in [0.1, 0.15) is 18.1 Å². The molecule has 0 saturated heterocycles. The fourth-order valence-corrected chi connectivity index (χ4v) is 1.75. The van der Waals surface area contributed by atoms with Crippen LogP contribution in [0.3, 0.4) is 0 Å². The average Bonchev–Trinajstić information content (AvgIpc) is 3.03. The molecule has 21 heavy (non-hydrogen) atoms. The van der Waals surface area contributed by atoms with Crippen molar-refractivity contribution in [1.82, 2.24) is 5.32 Å². The van der Waals surface area contributed by atoms with Gasteiger partial charge >= 0.3 is 0 Å². The number of hydrogen-bond donors (Lipinski definition) is 1. The first-order chi connectivity index (χ1) is 10.3. The van der Waals surface area contributed by atoms with Crippen molar-refractivity contribution in [3.8, 4) is 5.75 Å². The molecule has 2 rings (SSSR count). The molecule has 2 aromatic rings. The van der Waals surface area contributed by atoms with Gasteiger partial charge in [-0.1, -0.05) is 0 Å². The van der Waals surface area contributed by atoms with Crippen LogP contribution in [-0.4, -0.2) is 25.7 Å². The predicted octanol–water partition coefficient (Wildman–Crippen LogP) is 2.62. The van der Waals surface area contributed by atoms with Crippen molar-refractivity contribution in [2.45, 2.75) is 13.5 Å². The minimum Gasteiger partial charge on any atom is -0.491 e. The second-order valence-corrected chi connectivity index (χ2v) is 4.33. The lowest BCUT2D eigenvalue weighted by Gasteiger charge is -2.07. The lowest BCUT2D eigenvalue weighted by molar-refractivity contribution is 0.0947. The van der Waals surface area contributed by atoms with Crippen molar-refractivity contribution in [2.75, 3.05) is 19.8 Å². The highest BCUT2D eigenvalue weighted by molar-refractivity contribution is 5.94. The van der Waals surface area contributed by atoms with Gasteiger partial charge in [0.05, 0.1) is 19.4 Å². The highest BCUT2D eigenvalue weighted by Crippen LogP contribution is 2.12. The Morgan fingerprint density at radius 2 is 2.00 bits per heavy atom. The Bertz CT molecular complexity index is 534. The van der Waals surface area contributed by atoms with E-state index in [9.17, 15) is 4.79 Å². The maximum Gasteiger partial charge on any atom is 0.251 e. The Hall–Kier alpha value is -2.27. The Balaban J connectivity index is 1.79. The molecule has 0 aliphatic rings. The number of benzene rings is 1. The number of rotatable bonds is 8. The predicted molar refractivity (Wildman–Crippen MR) is 78.3 cm³/mol. The van der Waals surface area contributed by atoms with E-state index in [1.807, 2.05) is 13.0 Å². The number of nitrogens with one attached hydrogen (secondary N) is 1. The summed E-state index contributed by atoms with van der Waals surface area (Å²) in [6.07, 6.45) is 1.58. The van der Waals surface area contributed by atoms with Gasteiger partial charge in [-0.05, 0) is 43.3 Å². The van der Waals surface area contributed by atoms with E-state index < -0.39 is 0 Å². The molecule has 0 unspecified atom stereocenters. The largest absolute Gasteiger partial charge is 0.491 e. The van der Waals surface area contributed by atoms with Gasteiger partial charge < -0.3 is 19.2 Å². The van der Waals surface area contributed by atoms with E-state index in [4.69, 9.17) is 13.9 Å². The minimum absolute atomic E-state index is 0.146. The van der Waals surface area contributed by atoms with Gasteiger partial charge in [-0.2, -0.15) is 0 Å². The number of amides is 1. The molecule has 112 valence electrons. The monoisotopic (exact) mass is 289 g/mol. The molecule has 0 saturated carbocycles. The van der Waals surface area contributed by atoms with E-state index in [2.05, 4.69) is 5.32 Å². The molecule has 0 aliphatic carbocycles. The van der Waals surface area contributed by atoms with E-state index in [-0.39, 0.29) is 5.91 Å². The van der Waals surface area contributed by atoms with Crippen LogP contribution in [0.4, 0.5) is 0 Å². The SMILES string of the molecule is CCOCCOc1ccc(C(=O)NCc2ccco2)cc1. The molecule has 1 heterocycles. The fraction of sp³-hybridized carbons (Fsp3) is 0.312. The van der Waals surface area contributed by atoms with Crippen LogP contribution in [0.15, 0.2) is 47.1 Å². The van der Waals surface area contributed by atoms with Crippen LogP contribution in [0.25, 0.3) is 0 Å². The maximum absolute atomic E-state index is 11.9. The molecule has 5 nitrogen and oxygen atoms in total. The Labute approximate surface area is 123 Å². The number of carbonyl (C=O) groups excluding carboxylic acids is 1. The van der Waals surface area contributed by atoms with Crippen molar-refractivity contribution in [3.05, 3.63) is 54.0 Å². The molecular weight excluding hydrogens is 270 g/mol. The molecule has 1 aromatic heterocycles. The van der Waals surface area contributed by atoms with E-state index in [0.29, 0.717) is 31.9 Å². The zero-order valence-corrected chi connectivity index (χ0v) is 12.0. The first-order valence-corrected chi connectivity index (χ1v) is 6.91. The second-order valence-electron chi connectivity index (χ2n) is 4.33. The van der Waals surface area contributed by atoms with E-state index in [0.717, 1.165) is 11.5 Å². The molecule has 0 atom stereocenters. The number of ether oxygens (including phenoxy) is 2. The van der Waals surface area contributed by atoms with E-state index >= 15 is 0 Å². The fourth-order valence-electron chi connectivity index (χ4n) is 1.75. The van der Waals surface area contributed by atoms with Crippen molar-refractivity contribution in [1.29, 1.82) is 0 Å². The maximum atomic E-state index is 11.9. The molecule has 5 heteroatoms. The molecule has 1 aromatic carbocycles. The normalized spacial score (nSPS) is 10.3. The van der Waals surface area contributed by atoms with Crippen molar-refractivity contribution in [3.63, 3.8) is 0 Å². The molecule has 0 fully saturated rings. The Kier molecular flexibility index (Phi) is 5.84. The third-order valence-electron chi connectivity index (χ3n) is 2.82. The van der Waals surface area contributed by atoms with E-state index in [1.54, 1.807) is 36.6 Å². The molecule has 1 N–H and O–H groups in total. The summed E-state index contributed by atoms with van der Waals surface area (Å²) < 4.78 is 15.8. The van der Waals surface area contributed by atoms with Gasteiger partial charge in [-0.3, -0.25) is 4.79 Å². The minimum atomic E-state index is -0.146. The molecule has 0 spiro atoms. The molecule has 0 radical (unpaired) electrons. The van der Waals surface area contributed by atoms with Gasteiger partial charge in [0.2, 0.25) is 0 Å². The first-order valence-electron chi connectivity index (χ1n) is 6.91. The highest BCUT2D eigenvalue weighted by Gasteiger charge is 2.06. The third kappa shape index (κ3) is 4.96. The van der Waals surface area contributed by atoms with Crippen molar-refractivity contribution in [2.24, 2.45) is 0 Å². The lowest BCUT2D eigenvalue weighted by atomic mass is 10.2. The van der Waals surface area contributed by atoms with Crippen LogP contribution >= 0.6 is 0 Å².